The van der Waals surface area contributed by atoms with Crippen molar-refractivity contribution in [2.75, 3.05) is 0 Å². The number of benzene rings is 8. The summed E-state index contributed by atoms with van der Waals surface area (Å²) in [7, 11) is 0. The molecule has 0 aliphatic carbocycles. The van der Waals surface area contributed by atoms with Gasteiger partial charge in [0.1, 0.15) is 11.6 Å². The van der Waals surface area contributed by atoms with Crippen molar-refractivity contribution in [2.24, 2.45) is 5.92 Å². The van der Waals surface area contributed by atoms with E-state index in [0.29, 0.717) is 34.9 Å². The molecule has 364 valence electrons. The Kier molecular flexibility index (Phi) is 12.5. The maximum Gasteiger partial charge on any atom is 2.00 e. The topological polar surface area (TPSA) is 84.8 Å². The molecule has 0 N–H and O–H groups in total. The van der Waals surface area contributed by atoms with E-state index in [9.17, 15) is 0 Å². The molecule has 0 aliphatic heterocycles. The second-order valence-electron chi connectivity index (χ2n) is 18.7. The molecule has 11 heteroatoms. The van der Waals surface area contributed by atoms with Crippen LogP contribution in [0.2, 0.25) is 0 Å². The van der Waals surface area contributed by atoms with Gasteiger partial charge in [0.05, 0.1) is 5.52 Å². The molecule has 0 bridgehead atoms. The fraction of sp³-hybridized carbons (Fsp3) is 0.0625. The van der Waals surface area contributed by atoms with Gasteiger partial charge in [0.15, 0.2) is 0 Å². The van der Waals surface area contributed by atoms with E-state index in [-0.39, 0.29) is 42.1 Å². The molecule has 0 unspecified atom stereocenters. The van der Waals surface area contributed by atoms with Crippen LogP contribution in [0.1, 0.15) is 19.4 Å². The quantitative estimate of drug-likeness (QED) is 0.127. The summed E-state index contributed by atoms with van der Waals surface area (Å²) in [5.41, 5.74) is 9.62. The Bertz CT molecular complexity index is 4240. The van der Waals surface area contributed by atoms with Crippen LogP contribution in [-0.2, 0) is 48.6 Å². The molecule has 0 aliphatic rings. The molecule has 0 saturated carbocycles. The van der Waals surface area contributed by atoms with Gasteiger partial charge >= 0.3 is 42.1 Å². The third kappa shape index (κ3) is 8.47. The van der Waals surface area contributed by atoms with Gasteiger partial charge in [0.2, 0.25) is 5.95 Å². The minimum atomic E-state index is 0. The van der Waals surface area contributed by atoms with Crippen molar-refractivity contribution in [1.82, 2.24) is 33.6 Å². The van der Waals surface area contributed by atoms with Crippen LogP contribution in [0.25, 0.3) is 105 Å². The molecular weight excluding hydrogens is 1290 g/mol. The van der Waals surface area contributed by atoms with Gasteiger partial charge in [-0.3, -0.25) is 0 Å². The maximum atomic E-state index is 6.68. The summed E-state index contributed by atoms with van der Waals surface area (Å²) in [6, 6.07) is 74.1. The third-order valence-electron chi connectivity index (χ3n) is 13.5. The van der Waals surface area contributed by atoms with Crippen LogP contribution in [0.5, 0.6) is 23.0 Å². The molecule has 14 aromatic rings. The van der Waals surface area contributed by atoms with E-state index in [0.717, 1.165) is 106 Å². The Labute approximate surface area is 460 Å². The summed E-state index contributed by atoms with van der Waals surface area (Å²) < 4.78 is 19.6. The van der Waals surface area contributed by atoms with Gasteiger partial charge in [-0.15, -0.1) is 59.3 Å². The van der Waals surface area contributed by atoms with Gasteiger partial charge < -0.3 is 23.2 Å². The average Bonchev–Trinajstić information content (AvgIpc) is 4.07. The van der Waals surface area contributed by atoms with Crippen LogP contribution in [0.4, 0.5) is 0 Å². The van der Waals surface area contributed by atoms with Gasteiger partial charge in [0.25, 0.3) is 0 Å². The monoisotopic (exact) mass is 1330 g/mol. The standard InChI is InChI=1S/C64H41N7O2.2Pt/c1-40(2)33-41-17-19-42(20-18-41)43-21-30-55-44(34-43)39-67-64(68-55)71-60-37-47(72-45-22-26-51-49-11-3-5-13-56(49)69(58(51)35-45)62-15-7-9-31-65-62)24-28-53(60)54-29-25-48(38-61(54)71)73-46-23-27-52-50-12-4-6-14-57(50)70(59(52)36-46)63-16-8-10-32-66-63;;/h3-32,34,39-40H,33H2,1-2H3;;/q-4;2*+2. The zero-order valence-corrected chi connectivity index (χ0v) is 44.9. The second-order valence-corrected chi connectivity index (χ2v) is 18.7. The van der Waals surface area contributed by atoms with Crippen molar-refractivity contribution in [3.05, 3.63) is 224 Å². The van der Waals surface area contributed by atoms with Crippen molar-refractivity contribution in [2.45, 2.75) is 20.3 Å². The number of rotatable bonds is 10. The number of para-hydroxylation sites is 2. The maximum absolute atomic E-state index is 6.68. The summed E-state index contributed by atoms with van der Waals surface area (Å²) in [5.74, 6) is 4.73. The number of fused-ring (bicyclic) bond motifs is 10. The van der Waals surface area contributed by atoms with Crippen LogP contribution in [0.15, 0.2) is 195 Å². The molecule has 0 amide bonds. The molecule has 6 heterocycles. The van der Waals surface area contributed by atoms with Crippen LogP contribution in [0.3, 0.4) is 0 Å². The number of hydrogen-bond acceptors (Lipinski definition) is 6. The van der Waals surface area contributed by atoms with Crippen LogP contribution in [0, 0.1) is 30.2 Å². The molecule has 0 spiro atoms. The minimum absolute atomic E-state index is 0. The molecule has 0 fully saturated rings. The molecule has 9 nitrogen and oxygen atoms in total. The molecule has 0 atom stereocenters. The van der Waals surface area contributed by atoms with E-state index in [1.165, 1.54) is 5.56 Å². The molecular formula is C64H41N7O2Pt2. The normalized spacial score (nSPS) is 11.6. The van der Waals surface area contributed by atoms with E-state index in [4.69, 9.17) is 29.4 Å². The Balaban J connectivity index is 0.00000284. The van der Waals surface area contributed by atoms with Crippen LogP contribution >= 0.6 is 0 Å². The smallest absolute Gasteiger partial charge is 0.509 e. The van der Waals surface area contributed by atoms with E-state index in [1.54, 1.807) is 12.4 Å². The van der Waals surface area contributed by atoms with Crippen molar-refractivity contribution in [1.29, 1.82) is 0 Å². The molecule has 75 heavy (non-hydrogen) atoms. The predicted octanol–water partition coefficient (Wildman–Crippen LogP) is 15.4. The summed E-state index contributed by atoms with van der Waals surface area (Å²) >= 11 is 0. The first-order valence-electron chi connectivity index (χ1n) is 24.4. The van der Waals surface area contributed by atoms with Gasteiger partial charge in [0, 0.05) is 58.0 Å². The fourth-order valence-corrected chi connectivity index (χ4v) is 10.3. The summed E-state index contributed by atoms with van der Waals surface area (Å²) in [6.45, 7) is 4.49. The Morgan fingerprint density at radius 3 is 1.37 bits per heavy atom. The first-order valence-corrected chi connectivity index (χ1v) is 24.4. The predicted molar refractivity (Wildman–Crippen MR) is 290 cm³/mol. The second kappa shape index (κ2) is 19.6. The van der Waals surface area contributed by atoms with Crippen LogP contribution < -0.4 is 9.47 Å². The summed E-state index contributed by atoms with van der Waals surface area (Å²) in [4.78, 5) is 19.7. The summed E-state index contributed by atoms with van der Waals surface area (Å²) in [6.07, 6.45) is 6.55. The van der Waals surface area contributed by atoms with Gasteiger partial charge in [-0.05, 0) is 88.3 Å². The van der Waals surface area contributed by atoms with Crippen molar-refractivity contribution >= 4 is 76.3 Å². The molecule has 0 radical (unpaired) electrons. The SMILES string of the molecule is CC(C)Cc1ccc(-c2ccc3nc(-n4c5[c-]c(Oc6[c-]c7c(cc6)c6ccccc6n7-c6ccccn6)ccc5c5ccc(Oc6[c-]c7c(cc6)c6ccccc6n7-c6ccccn6)[c-]c54)ncc3c2)cc1.[Pt+2].[Pt+2]. The zero-order chi connectivity index (χ0) is 48.6. The molecule has 6 aromatic heterocycles. The molecule has 14 rings (SSSR count). The third-order valence-corrected chi connectivity index (χ3v) is 13.5. The van der Waals surface area contributed by atoms with Crippen molar-refractivity contribution in [3.8, 4) is 51.7 Å². The van der Waals surface area contributed by atoms with Gasteiger partial charge in [-0.2, -0.15) is 35.0 Å². The number of hydrogen-bond donors (Lipinski definition) is 0. The van der Waals surface area contributed by atoms with E-state index in [2.05, 4.69) is 150 Å². The Morgan fingerprint density at radius 2 is 0.893 bits per heavy atom. The Morgan fingerprint density at radius 1 is 0.440 bits per heavy atom. The minimum Gasteiger partial charge on any atom is -0.509 e. The zero-order valence-electron chi connectivity index (χ0n) is 40.3. The van der Waals surface area contributed by atoms with E-state index < -0.39 is 0 Å². The van der Waals surface area contributed by atoms with Crippen molar-refractivity contribution < 1.29 is 51.6 Å². The Hall–Kier alpha value is -8.22. The first-order chi connectivity index (χ1) is 36.0. The number of pyridine rings is 2. The molecule has 0 saturated heterocycles. The largest absolute Gasteiger partial charge is 2.00 e. The van der Waals surface area contributed by atoms with E-state index in [1.807, 2.05) is 83.6 Å². The van der Waals surface area contributed by atoms with Gasteiger partial charge in [-0.25, -0.2) is 19.9 Å². The van der Waals surface area contributed by atoms with Crippen LogP contribution in [-0.4, -0.2) is 33.6 Å². The number of ether oxygens (including phenoxy) is 2. The fourth-order valence-electron chi connectivity index (χ4n) is 10.3. The number of aromatic nitrogens is 7. The molecule has 8 aromatic carbocycles. The first kappa shape index (κ1) is 47.8. The van der Waals surface area contributed by atoms with E-state index >= 15 is 0 Å². The number of nitrogens with zero attached hydrogens (tertiary/aromatic N) is 7. The summed E-state index contributed by atoms with van der Waals surface area (Å²) in [5, 5.41) is 7.09. The van der Waals surface area contributed by atoms with Gasteiger partial charge in [-0.1, -0.05) is 115 Å². The van der Waals surface area contributed by atoms with Crippen molar-refractivity contribution in [3.63, 3.8) is 0 Å². The average molecular weight is 1330 g/mol.